The van der Waals surface area contributed by atoms with Gasteiger partial charge in [0.1, 0.15) is 12.4 Å². The predicted molar refractivity (Wildman–Crippen MR) is 70.4 cm³/mol. The van der Waals surface area contributed by atoms with Crippen molar-refractivity contribution in [2.45, 2.75) is 19.8 Å². The molecule has 96 valence electrons. The number of benzene rings is 1. The minimum absolute atomic E-state index is 0.217. The minimum atomic E-state index is 0.217. The molecule has 0 bridgehead atoms. The van der Waals surface area contributed by atoms with Crippen molar-refractivity contribution in [3.05, 3.63) is 30.3 Å². The normalized spacial score (nSPS) is 10.8. The summed E-state index contributed by atoms with van der Waals surface area (Å²) in [6.45, 7) is 5.71. The third kappa shape index (κ3) is 6.29. The van der Waals surface area contributed by atoms with E-state index in [1.807, 2.05) is 30.3 Å². The number of unbranched alkanes of at least 4 members (excludes halogenated alkanes) is 1. The highest BCUT2D eigenvalue weighted by Crippen LogP contribution is 2.08. The Morgan fingerprint density at radius 2 is 1.88 bits per heavy atom. The van der Waals surface area contributed by atoms with Gasteiger partial charge in [0.25, 0.3) is 0 Å². The molecule has 1 rings (SSSR count). The van der Waals surface area contributed by atoms with E-state index in [1.165, 1.54) is 12.8 Å². The van der Waals surface area contributed by atoms with Crippen LogP contribution in [0.2, 0.25) is 0 Å². The predicted octanol–water partition coefficient (Wildman–Crippen LogP) is 2.16. The Bertz CT molecular complexity index is 277. The molecule has 17 heavy (non-hydrogen) atoms. The summed E-state index contributed by atoms with van der Waals surface area (Å²) < 4.78 is 5.64. The number of rotatable bonds is 9. The third-order valence-corrected chi connectivity index (χ3v) is 2.66. The zero-order valence-corrected chi connectivity index (χ0v) is 10.6. The SMILES string of the molecule is CCCCN(CCO)CCOc1ccccc1. The van der Waals surface area contributed by atoms with E-state index in [9.17, 15) is 0 Å². The lowest BCUT2D eigenvalue weighted by Gasteiger charge is -2.20. The molecule has 0 heterocycles. The Kier molecular flexibility index (Phi) is 7.43. The van der Waals surface area contributed by atoms with Crippen LogP contribution in [0.15, 0.2) is 30.3 Å². The molecule has 1 N–H and O–H groups in total. The summed E-state index contributed by atoms with van der Waals surface area (Å²) in [7, 11) is 0. The van der Waals surface area contributed by atoms with Crippen LogP contribution in [0.5, 0.6) is 5.75 Å². The Hall–Kier alpha value is -1.06. The second-order valence-electron chi connectivity index (χ2n) is 4.08. The lowest BCUT2D eigenvalue weighted by atomic mass is 10.3. The Morgan fingerprint density at radius 1 is 1.12 bits per heavy atom. The van der Waals surface area contributed by atoms with Gasteiger partial charge in [-0.2, -0.15) is 0 Å². The van der Waals surface area contributed by atoms with Gasteiger partial charge in [0.2, 0.25) is 0 Å². The largest absolute Gasteiger partial charge is 0.492 e. The van der Waals surface area contributed by atoms with Crippen LogP contribution >= 0.6 is 0 Å². The molecule has 1 aromatic carbocycles. The van der Waals surface area contributed by atoms with Crippen LogP contribution < -0.4 is 4.74 Å². The number of hydrogen-bond acceptors (Lipinski definition) is 3. The summed E-state index contributed by atoms with van der Waals surface area (Å²) >= 11 is 0. The molecule has 0 radical (unpaired) electrons. The van der Waals surface area contributed by atoms with Crippen molar-refractivity contribution in [1.82, 2.24) is 4.90 Å². The summed E-state index contributed by atoms with van der Waals surface area (Å²) in [5.74, 6) is 0.909. The quantitative estimate of drug-likeness (QED) is 0.714. The maximum atomic E-state index is 8.97. The molecule has 0 fully saturated rings. The molecule has 0 aromatic heterocycles. The van der Waals surface area contributed by atoms with Gasteiger partial charge in [0.15, 0.2) is 0 Å². The maximum absolute atomic E-state index is 8.97. The van der Waals surface area contributed by atoms with Crippen LogP contribution in [0, 0.1) is 0 Å². The highest BCUT2D eigenvalue weighted by atomic mass is 16.5. The van der Waals surface area contributed by atoms with E-state index in [2.05, 4.69) is 11.8 Å². The summed E-state index contributed by atoms with van der Waals surface area (Å²) in [6.07, 6.45) is 2.35. The van der Waals surface area contributed by atoms with E-state index < -0.39 is 0 Å². The number of hydrogen-bond donors (Lipinski definition) is 1. The first-order chi connectivity index (χ1) is 8.36. The van der Waals surface area contributed by atoms with Crippen LogP contribution in [0.3, 0.4) is 0 Å². The van der Waals surface area contributed by atoms with E-state index in [4.69, 9.17) is 9.84 Å². The van der Waals surface area contributed by atoms with Gasteiger partial charge in [-0.05, 0) is 25.1 Å². The minimum Gasteiger partial charge on any atom is -0.492 e. The van der Waals surface area contributed by atoms with Crippen molar-refractivity contribution in [2.24, 2.45) is 0 Å². The summed E-state index contributed by atoms with van der Waals surface area (Å²) in [4.78, 5) is 2.24. The smallest absolute Gasteiger partial charge is 0.119 e. The van der Waals surface area contributed by atoms with E-state index in [0.29, 0.717) is 6.61 Å². The van der Waals surface area contributed by atoms with Gasteiger partial charge in [-0.3, -0.25) is 4.90 Å². The molecular formula is C14H23NO2. The lowest BCUT2D eigenvalue weighted by molar-refractivity contribution is 0.167. The van der Waals surface area contributed by atoms with E-state index in [1.54, 1.807) is 0 Å². The lowest BCUT2D eigenvalue weighted by Crippen LogP contribution is -2.32. The fourth-order valence-corrected chi connectivity index (χ4v) is 1.67. The maximum Gasteiger partial charge on any atom is 0.119 e. The van der Waals surface area contributed by atoms with Gasteiger partial charge in [-0.1, -0.05) is 31.5 Å². The number of aliphatic hydroxyl groups is 1. The van der Waals surface area contributed by atoms with Crippen molar-refractivity contribution >= 4 is 0 Å². The van der Waals surface area contributed by atoms with Crippen molar-refractivity contribution in [3.8, 4) is 5.75 Å². The van der Waals surface area contributed by atoms with Crippen molar-refractivity contribution in [3.63, 3.8) is 0 Å². The Balaban J connectivity index is 2.22. The van der Waals surface area contributed by atoms with Gasteiger partial charge in [0.05, 0.1) is 6.61 Å². The molecule has 3 heteroatoms. The summed E-state index contributed by atoms with van der Waals surface area (Å²) in [6, 6.07) is 9.84. The molecule has 0 saturated carbocycles. The van der Waals surface area contributed by atoms with Crippen LogP contribution in [-0.4, -0.2) is 42.9 Å². The first-order valence-corrected chi connectivity index (χ1v) is 6.38. The monoisotopic (exact) mass is 237 g/mol. The molecule has 0 aliphatic heterocycles. The van der Waals surface area contributed by atoms with Crippen LogP contribution in [0.4, 0.5) is 0 Å². The molecule has 0 atom stereocenters. The van der Waals surface area contributed by atoms with Gasteiger partial charge < -0.3 is 9.84 Å². The van der Waals surface area contributed by atoms with Crippen LogP contribution in [-0.2, 0) is 0 Å². The number of aliphatic hydroxyl groups excluding tert-OH is 1. The molecule has 0 unspecified atom stereocenters. The first-order valence-electron chi connectivity index (χ1n) is 6.38. The molecule has 0 aliphatic carbocycles. The fraction of sp³-hybridized carbons (Fsp3) is 0.571. The first kappa shape index (κ1) is 14.0. The molecule has 3 nitrogen and oxygen atoms in total. The molecular weight excluding hydrogens is 214 g/mol. The second-order valence-corrected chi connectivity index (χ2v) is 4.08. The Labute approximate surface area is 104 Å². The van der Waals surface area contributed by atoms with Gasteiger partial charge in [-0.25, -0.2) is 0 Å². The van der Waals surface area contributed by atoms with Gasteiger partial charge in [0, 0.05) is 13.1 Å². The van der Waals surface area contributed by atoms with E-state index >= 15 is 0 Å². The van der Waals surface area contributed by atoms with E-state index in [0.717, 1.165) is 25.4 Å². The molecule has 0 saturated heterocycles. The average Bonchev–Trinajstić information content (AvgIpc) is 2.37. The van der Waals surface area contributed by atoms with Gasteiger partial charge >= 0.3 is 0 Å². The highest BCUT2D eigenvalue weighted by molar-refractivity contribution is 5.20. The number of ether oxygens (including phenoxy) is 1. The van der Waals surface area contributed by atoms with Crippen LogP contribution in [0.25, 0.3) is 0 Å². The highest BCUT2D eigenvalue weighted by Gasteiger charge is 2.03. The topological polar surface area (TPSA) is 32.7 Å². The molecule has 0 aliphatic rings. The Morgan fingerprint density at radius 3 is 2.53 bits per heavy atom. The summed E-state index contributed by atoms with van der Waals surface area (Å²) in [5.41, 5.74) is 0. The second kappa shape index (κ2) is 9.02. The number of nitrogens with zero attached hydrogens (tertiary/aromatic N) is 1. The zero-order valence-electron chi connectivity index (χ0n) is 10.6. The van der Waals surface area contributed by atoms with Gasteiger partial charge in [-0.15, -0.1) is 0 Å². The fourth-order valence-electron chi connectivity index (χ4n) is 1.67. The molecule has 0 amide bonds. The molecule has 0 spiro atoms. The van der Waals surface area contributed by atoms with Crippen molar-refractivity contribution in [2.75, 3.05) is 32.8 Å². The zero-order chi connectivity index (χ0) is 12.3. The van der Waals surface area contributed by atoms with Crippen molar-refractivity contribution in [1.29, 1.82) is 0 Å². The number of para-hydroxylation sites is 1. The average molecular weight is 237 g/mol. The molecule has 1 aromatic rings. The third-order valence-electron chi connectivity index (χ3n) is 2.66. The standard InChI is InChI=1S/C14H23NO2/c1-2-3-9-15(10-12-16)11-13-17-14-7-5-4-6-8-14/h4-8,16H,2-3,9-13H2,1H3. The summed E-state index contributed by atoms with van der Waals surface area (Å²) in [5, 5.41) is 8.97. The van der Waals surface area contributed by atoms with Crippen molar-refractivity contribution < 1.29 is 9.84 Å². The van der Waals surface area contributed by atoms with E-state index in [-0.39, 0.29) is 6.61 Å². The van der Waals surface area contributed by atoms with Crippen LogP contribution in [0.1, 0.15) is 19.8 Å².